The summed E-state index contributed by atoms with van der Waals surface area (Å²) in [6.07, 6.45) is 18.2. The maximum atomic E-state index is 6.19. The second kappa shape index (κ2) is 21.4. The minimum Gasteiger partial charge on any atom is -0.436 e. The molecule has 0 N–H and O–H groups in total. The van der Waals surface area contributed by atoms with Gasteiger partial charge in [0.15, 0.2) is 0 Å². The first-order chi connectivity index (χ1) is 14.2. The van der Waals surface area contributed by atoms with Gasteiger partial charge in [0.05, 0.1) is 6.61 Å². The predicted octanol–water partition coefficient (Wildman–Crippen LogP) is 9.54. The van der Waals surface area contributed by atoms with E-state index >= 15 is 0 Å². The van der Waals surface area contributed by atoms with Gasteiger partial charge in [0.2, 0.25) is 0 Å². The van der Waals surface area contributed by atoms with Crippen LogP contribution in [0.3, 0.4) is 0 Å². The number of benzene rings is 1. The van der Waals surface area contributed by atoms with Crippen LogP contribution in [0.15, 0.2) is 30.3 Å². The monoisotopic (exact) mass is 522 g/mol. The van der Waals surface area contributed by atoms with E-state index in [2.05, 4.69) is 13.8 Å². The molecule has 1 unspecified atom stereocenters. The fraction of sp³-hybridized carbons (Fsp3) is 0.750. The Morgan fingerprint density at radius 3 is 1.80 bits per heavy atom. The molecule has 6 heteroatoms. The van der Waals surface area contributed by atoms with Crippen LogP contribution in [-0.2, 0) is 35.8 Å². The maximum absolute atomic E-state index is 6.19. The molecule has 0 radical (unpaired) electrons. The zero-order valence-electron chi connectivity index (χ0n) is 19.5. The molecule has 1 atom stereocenters. The van der Waals surface area contributed by atoms with Crippen LogP contribution >= 0.6 is 17.1 Å². The minimum atomic E-state index is -2.32. The van der Waals surface area contributed by atoms with Crippen molar-refractivity contribution in [1.82, 2.24) is 0 Å². The van der Waals surface area contributed by atoms with Gasteiger partial charge < -0.3 is 9.05 Å². The van der Waals surface area contributed by atoms with Crippen molar-refractivity contribution < 1.29 is 28.5 Å². The van der Waals surface area contributed by atoms with Crippen LogP contribution in [0.4, 0.5) is 0 Å². The molecule has 2 nitrogen and oxygen atoms in total. The Kier molecular flexibility index (Phi) is 21.9. The van der Waals surface area contributed by atoms with E-state index < -0.39 is 5.69 Å². The van der Waals surface area contributed by atoms with Gasteiger partial charge in [-0.05, 0) is 36.8 Å². The molecule has 0 bridgehead atoms. The number of hydrogen-bond acceptors (Lipinski definition) is 4. The molecule has 0 spiro atoms. The molecule has 1 aromatic carbocycles. The number of unbranched alkanes of at least 4 members (excludes halogenated alkanes) is 12. The van der Waals surface area contributed by atoms with Crippen LogP contribution in [-0.4, -0.2) is 12.4 Å². The second-order valence-electron chi connectivity index (χ2n) is 7.76. The summed E-state index contributed by atoms with van der Waals surface area (Å²) in [5.41, 5.74) is -2.32. The van der Waals surface area contributed by atoms with Crippen molar-refractivity contribution in [2.75, 3.05) is 12.4 Å². The normalized spacial score (nSPS) is 12.9. The molecule has 1 aromatic rings. The fourth-order valence-electron chi connectivity index (χ4n) is 3.17. The van der Waals surface area contributed by atoms with Crippen LogP contribution in [0.1, 0.15) is 104 Å². The largest absolute Gasteiger partial charge is 0.436 e. The van der Waals surface area contributed by atoms with Crippen LogP contribution < -0.4 is 4.52 Å². The second-order valence-corrected chi connectivity index (χ2v) is 14.1. The molecule has 0 heterocycles. The number of rotatable bonds is 20. The third-order valence-electron chi connectivity index (χ3n) is 4.96. The molecule has 0 aliphatic heterocycles. The standard InChI is InChI=1S/C24H43O2PS2.Zn/c1-3-5-7-9-11-13-18-22-25-27(28,26-24-20-16-15-17-21-24)29-23-19-14-12-10-8-6-4-2;/h15-17,20-21H,3-14,18-19,22-23H2,1-2H3;. The Balaban J connectivity index is 0.00000841. The van der Waals surface area contributed by atoms with Crippen LogP contribution in [0.2, 0.25) is 0 Å². The number of para-hydroxylation sites is 1. The summed E-state index contributed by atoms with van der Waals surface area (Å²) in [4.78, 5) is 0. The molecule has 0 saturated carbocycles. The van der Waals surface area contributed by atoms with E-state index in [0.717, 1.165) is 24.5 Å². The quantitative estimate of drug-likeness (QED) is 0.0961. The van der Waals surface area contributed by atoms with Gasteiger partial charge in [-0.1, -0.05) is 120 Å². The topological polar surface area (TPSA) is 18.5 Å². The first-order valence-electron chi connectivity index (χ1n) is 11.8. The van der Waals surface area contributed by atoms with Gasteiger partial charge >= 0.3 is 0 Å². The fourth-order valence-corrected chi connectivity index (χ4v) is 7.72. The van der Waals surface area contributed by atoms with Crippen LogP contribution in [0.5, 0.6) is 5.75 Å². The first-order valence-corrected chi connectivity index (χ1v) is 16.1. The summed E-state index contributed by atoms with van der Waals surface area (Å²) in [6, 6.07) is 9.94. The van der Waals surface area contributed by atoms with E-state index in [4.69, 9.17) is 20.9 Å². The van der Waals surface area contributed by atoms with Gasteiger partial charge in [-0.2, -0.15) is 0 Å². The zero-order valence-corrected chi connectivity index (χ0v) is 25.0. The molecular weight excluding hydrogens is 481 g/mol. The first kappa shape index (κ1) is 30.6. The van der Waals surface area contributed by atoms with Crippen molar-refractivity contribution in [3.63, 3.8) is 0 Å². The molecule has 0 fully saturated rings. The smallest absolute Gasteiger partial charge is 0.297 e. The van der Waals surface area contributed by atoms with Gasteiger partial charge in [-0.25, -0.2) is 0 Å². The Hall–Kier alpha value is 0.603. The summed E-state index contributed by atoms with van der Waals surface area (Å²) in [6.45, 7) is 5.25. The Morgan fingerprint density at radius 2 is 1.23 bits per heavy atom. The van der Waals surface area contributed by atoms with Crippen molar-refractivity contribution in [2.24, 2.45) is 0 Å². The summed E-state index contributed by atoms with van der Waals surface area (Å²) >= 11 is 7.63. The van der Waals surface area contributed by atoms with Crippen molar-refractivity contribution in [2.45, 2.75) is 104 Å². The molecular formula is C24H43O2PS2Zn. The van der Waals surface area contributed by atoms with Gasteiger partial charge in [-0.15, -0.1) is 0 Å². The van der Waals surface area contributed by atoms with Gasteiger partial charge in [0.25, 0.3) is 5.69 Å². The van der Waals surface area contributed by atoms with E-state index in [9.17, 15) is 0 Å². The van der Waals surface area contributed by atoms with Crippen LogP contribution in [0, 0.1) is 0 Å². The molecule has 0 amide bonds. The summed E-state index contributed by atoms with van der Waals surface area (Å²) in [7, 11) is 0. The van der Waals surface area contributed by atoms with E-state index in [0.29, 0.717) is 0 Å². The minimum absolute atomic E-state index is 0. The average molecular weight is 524 g/mol. The van der Waals surface area contributed by atoms with Gasteiger partial charge in [0, 0.05) is 25.2 Å². The molecule has 0 aliphatic rings. The van der Waals surface area contributed by atoms with Gasteiger partial charge in [-0.3, -0.25) is 0 Å². The van der Waals surface area contributed by atoms with Crippen LogP contribution in [0.25, 0.3) is 0 Å². The van der Waals surface area contributed by atoms with E-state index in [1.165, 1.54) is 83.5 Å². The van der Waals surface area contributed by atoms with E-state index in [-0.39, 0.29) is 19.5 Å². The molecule has 1 rings (SSSR count). The predicted molar refractivity (Wildman–Crippen MR) is 136 cm³/mol. The number of hydrogen-bond donors (Lipinski definition) is 0. The molecule has 0 saturated heterocycles. The average Bonchev–Trinajstić information content (AvgIpc) is 2.73. The van der Waals surface area contributed by atoms with E-state index in [1.807, 2.05) is 30.3 Å². The Bertz CT molecular complexity index is 507. The Morgan fingerprint density at radius 1 is 0.733 bits per heavy atom. The van der Waals surface area contributed by atoms with Gasteiger partial charge in [0.1, 0.15) is 5.75 Å². The van der Waals surface area contributed by atoms with Crippen molar-refractivity contribution in [3.8, 4) is 5.75 Å². The molecule has 0 aliphatic carbocycles. The maximum Gasteiger partial charge on any atom is 0.297 e. The SMILES string of the molecule is CCCCCCCCCOP(=S)(Oc1ccccc1)SCCCCCCCCC.[Zn]. The summed E-state index contributed by atoms with van der Waals surface area (Å²) in [5, 5.41) is 0. The van der Waals surface area contributed by atoms with Crippen molar-refractivity contribution in [1.29, 1.82) is 0 Å². The van der Waals surface area contributed by atoms with Crippen molar-refractivity contribution >= 4 is 28.9 Å². The summed E-state index contributed by atoms with van der Waals surface area (Å²) in [5.74, 6) is 1.87. The molecule has 170 valence electrons. The third kappa shape index (κ3) is 17.2. The van der Waals surface area contributed by atoms with Crippen molar-refractivity contribution in [3.05, 3.63) is 30.3 Å². The molecule has 0 aromatic heterocycles. The Labute approximate surface area is 208 Å². The third-order valence-corrected chi connectivity index (χ3v) is 10.2. The zero-order chi connectivity index (χ0) is 21.0. The van der Waals surface area contributed by atoms with E-state index in [1.54, 1.807) is 11.4 Å². The summed E-state index contributed by atoms with van der Waals surface area (Å²) < 4.78 is 12.4. The molecule has 30 heavy (non-hydrogen) atoms.